The van der Waals surface area contributed by atoms with Crippen LogP contribution in [0.2, 0.25) is 0 Å². The number of esters is 3. The van der Waals surface area contributed by atoms with Crippen LogP contribution in [0.1, 0.15) is 78.5 Å². The second-order valence-electron chi connectivity index (χ2n) is 10.0. The van der Waals surface area contributed by atoms with Crippen molar-refractivity contribution in [2.45, 2.75) is 104 Å². The molecule has 11 nitrogen and oxygen atoms in total. The largest absolute Gasteiger partial charge is 1.00 e. The van der Waals surface area contributed by atoms with E-state index in [0.29, 0.717) is 55.3 Å². The molecule has 0 aliphatic heterocycles. The number of ether oxygens (including phenoxy) is 6. The van der Waals surface area contributed by atoms with Crippen molar-refractivity contribution in [3.05, 3.63) is 0 Å². The van der Waals surface area contributed by atoms with E-state index in [-0.39, 0.29) is 69.2 Å². The summed E-state index contributed by atoms with van der Waals surface area (Å²) in [5.41, 5.74) is -2.34. The number of aliphatic hydroxyl groups excluding tert-OH is 1. The van der Waals surface area contributed by atoms with Crippen LogP contribution >= 0.6 is 22.6 Å². The van der Waals surface area contributed by atoms with E-state index >= 15 is 0 Å². The van der Waals surface area contributed by atoms with E-state index in [2.05, 4.69) is 32.1 Å². The summed E-state index contributed by atoms with van der Waals surface area (Å²) in [6.07, 6.45) is 7.30. The first kappa shape index (κ1) is 42.8. The van der Waals surface area contributed by atoms with Crippen molar-refractivity contribution in [1.82, 2.24) is 0 Å². The summed E-state index contributed by atoms with van der Waals surface area (Å²) in [5.74, 6) is -0.737. The molecule has 0 aromatic carbocycles. The molecule has 0 unspecified atom stereocenters. The van der Waals surface area contributed by atoms with Crippen LogP contribution in [-0.4, -0.2) is 107 Å². The fourth-order valence-corrected chi connectivity index (χ4v) is 5.71. The van der Waals surface area contributed by atoms with Crippen molar-refractivity contribution in [2.24, 2.45) is 0 Å². The molecule has 0 saturated heterocycles. The molecule has 3 aliphatic rings. The van der Waals surface area contributed by atoms with Gasteiger partial charge in [-0.1, -0.05) is 22.6 Å². The third-order valence-electron chi connectivity index (χ3n) is 7.95. The van der Waals surface area contributed by atoms with Crippen LogP contribution in [0.4, 0.5) is 0 Å². The summed E-state index contributed by atoms with van der Waals surface area (Å²) < 4.78 is 30.4. The fourth-order valence-electron chi connectivity index (χ4n) is 5.08. The van der Waals surface area contributed by atoms with E-state index in [1.54, 1.807) is 7.11 Å². The minimum Gasteiger partial charge on any atom is -1.00 e. The van der Waals surface area contributed by atoms with Gasteiger partial charge in [0.15, 0.2) is 16.8 Å². The number of aliphatic hydroxyl groups is 1. The molecule has 3 rings (SSSR count). The van der Waals surface area contributed by atoms with Gasteiger partial charge in [0.2, 0.25) is 0 Å². The third kappa shape index (κ3) is 12.0. The Kier molecular flexibility index (Phi) is 21.6. The van der Waals surface area contributed by atoms with Gasteiger partial charge in [-0.3, -0.25) is 4.79 Å². The maximum atomic E-state index is 11.5. The van der Waals surface area contributed by atoms with Crippen LogP contribution in [0.5, 0.6) is 0 Å². The molecule has 1 N–H and O–H groups in total. The minimum atomic E-state index is -0.872. The average molecular weight is 707 g/mol. The summed E-state index contributed by atoms with van der Waals surface area (Å²) in [5, 5.41) is 9.28. The standard InChI is InChI=1S/C9H15IO3.C9H16O4.C9H14O4.B.Na.H/c3*1-12-8(11)9(13-2)5-3-7(10)4-6-9;;;/h7H,3-6H2,1-2H3;7,10H,3-6H2,1-2H3;3-6H2,1-2H3;;;/q;;;;+1;-1. The Morgan fingerprint density at radius 2 is 0.976 bits per heavy atom. The average Bonchev–Trinajstić information content (AvgIpc) is 2.98. The zero-order valence-electron chi connectivity index (χ0n) is 26.6. The molecule has 0 spiro atoms. The predicted molar refractivity (Wildman–Crippen MR) is 156 cm³/mol. The first-order valence-electron chi connectivity index (χ1n) is 13.2. The SMILES string of the molecule is COC(=O)C1(OC)CCC(=O)CC1.COC(=O)C1(OC)CCC(I)CC1.COC(=O)C1(OC)CCC(O)CC1.[B].[H-].[Na+]. The van der Waals surface area contributed by atoms with Crippen LogP contribution in [-0.2, 0) is 47.6 Å². The van der Waals surface area contributed by atoms with E-state index in [4.69, 9.17) is 18.9 Å². The number of carbonyl (C=O) groups excluding carboxylic acids is 4. The van der Waals surface area contributed by atoms with Gasteiger partial charge in [-0.15, -0.1) is 0 Å². The van der Waals surface area contributed by atoms with E-state index in [1.165, 1.54) is 35.5 Å². The van der Waals surface area contributed by atoms with Crippen molar-refractivity contribution in [2.75, 3.05) is 42.7 Å². The molecule has 3 saturated carbocycles. The molecular weight excluding hydrogens is 661 g/mol. The normalized spacial score (nSPS) is 28.4. The molecule has 3 fully saturated rings. The van der Waals surface area contributed by atoms with Crippen molar-refractivity contribution < 1.29 is 83.7 Å². The Morgan fingerprint density at radius 1 is 0.683 bits per heavy atom. The Hall–Kier alpha value is -0.285. The number of carbonyl (C=O) groups is 4. The molecule has 0 heterocycles. The first-order valence-corrected chi connectivity index (χ1v) is 14.4. The number of methoxy groups -OCH3 is 6. The van der Waals surface area contributed by atoms with Crippen molar-refractivity contribution >= 4 is 54.7 Å². The van der Waals surface area contributed by atoms with Crippen molar-refractivity contribution in [1.29, 1.82) is 0 Å². The van der Waals surface area contributed by atoms with Crippen LogP contribution in [0.3, 0.4) is 0 Å². The van der Waals surface area contributed by atoms with E-state index in [1.807, 2.05) is 0 Å². The van der Waals surface area contributed by atoms with Gasteiger partial charge >= 0.3 is 47.5 Å². The van der Waals surface area contributed by atoms with Gasteiger partial charge in [0.1, 0.15) is 5.78 Å². The quantitative estimate of drug-likeness (QED) is 0.129. The number of ketones is 1. The zero-order chi connectivity index (χ0) is 29.7. The van der Waals surface area contributed by atoms with Gasteiger partial charge in [0.05, 0.1) is 27.4 Å². The maximum absolute atomic E-state index is 11.5. The fraction of sp³-hybridized carbons (Fsp3) is 0.852. The summed E-state index contributed by atoms with van der Waals surface area (Å²) in [4.78, 5) is 45.2. The summed E-state index contributed by atoms with van der Waals surface area (Å²) in [7, 11) is 8.68. The zero-order valence-corrected chi connectivity index (χ0v) is 29.8. The number of rotatable bonds is 6. The Labute approximate surface area is 283 Å². The summed E-state index contributed by atoms with van der Waals surface area (Å²) in [6, 6.07) is 0. The Bertz CT molecular complexity index is 768. The van der Waals surface area contributed by atoms with Crippen LogP contribution < -0.4 is 29.6 Å². The number of hydrogen-bond donors (Lipinski definition) is 1. The van der Waals surface area contributed by atoms with Crippen LogP contribution in [0, 0.1) is 0 Å². The summed E-state index contributed by atoms with van der Waals surface area (Å²) in [6.45, 7) is 0. The minimum absolute atomic E-state index is 0. The number of hydrogen-bond acceptors (Lipinski definition) is 11. The molecule has 0 aromatic heterocycles. The number of Topliss-reactive ketones (excluding diaryl/α,β-unsaturated/α-hetero) is 1. The molecule has 231 valence electrons. The molecule has 41 heavy (non-hydrogen) atoms. The molecule has 0 bridgehead atoms. The Balaban J connectivity index is -0.000000524. The van der Waals surface area contributed by atoms with Crippen molar-refractivity contribution in [3.63, 3.8) is 0 Å². The van der Waals surface area contributed by atoms with Gasteiger partial charge in [-0.25, -0.2) is 14.4 Å². The topological polar surface area (TPSA) is 144 Å². The smallest absolute Gasteiger partial charge is 1.00 e. The third-order valence-corrected chi connectivity index (χ3v) is 9.19. The van der Waals surface area contributed by atoms with E-state index in [0.717, 1.165) is 25.7 Å². The molecule has 3 radical (unpaired) electrons. The van der Waals surface area contributed by atoms with E-state index in [9.17, 15) is 24.3 Å². The van der Waals surface area contributed by atoms with Gasteiger partial charge in [0, 0.05) is 46.5 Å². The second kappa shape index (κ2) is 20.6. The molecule has 0 atom stereocenters. The van der Waals surface area contributed by atoms with Crippen molar-refractivity contribution in [3.8, 4) is 0 Å². The molecule has 0 aromatic rings. The van der Waals surface area contributed by atoms with Gasteiger partial charge < -0.3 is 35.0 Å². The molecule has 3 aliphatic carbocycles. The second-order valence-corrected chi connectivity index (χ2v) is 11.8. The van der Waals surface area contributed by atoms with Gasteiger partial charge in [0.25, 0.3) is 0 Å². The van der Waals surface area contributed by atoms with Gasteiger partial charge in [-0.2, -0.15) is 0 Å². The van der Waals surface area contributed by atoms with Crippen LogP contribution in [0.15, 0.2) is 0 Å². The number of halogens is 1. The molecule has 14 heteroatoms. The van der Waals surface area contributed by atoms with Gasteiger partial charge in [-0.05, 0) is 64.2 Å². The summed E-state index contributed by atoms with van der Waals surface area (Å²) >= 11 is 2.42. The van der Waals surface area contributed by atoms with E-state index < -0.39 is 16.8 Å². The van der Waals surface area contributed by atoms with Crippen LogP contribution in [0.25, 0.3) is 0 Å². The monoisotopic (exact) mass is 707 g/mol. The number of alkyl halides is 1. The predicted octanol–water partition coefficient (Wildman–Crippen LogP) is -0.175. The Morgan fingerprint density at radius 3 is 1.27 bits per heavy atom. The molecule has 0 amide bonds. The first-order chi connectivity index (χ1) is 18.4. The maximum Gasteiger partial charge on any atom is 1.00 e. The molecular formula is C27H46BINaO11.